The largest absolute Gasteiger partial charge is 0.326 e. The second-order valence-corrected chi connectivity index (χ2v) is 7.73. The summed E-state index contributed by atoms with van der Waals surface area (Å²) in [4.78, 5) is 34.6. The summed E-state index contributed by atoms with van der Waals surface area (Å²) in [5.74, 6) is -0.136. The minimum Gasteiger partial charge on any atom is -0.326 e. The summed E-state index contributed by atoms with van der Waals surface area (Å²) in [6.07, 6.45) is 5.41. The van der Waals surface area contributed by atoms with Crippen molar-refractivity contribution >= 4 is 28.9 Å². The predicted octanol–water partition coefficient (Wildman–Crippen LogP) is 4.20. The summed E-state index contributed by atoms with van der Waals surface area (Å²) in [5, 5.41) is 17.8. The molecule has 3 rings (SSSR count). The molecular weight excluding hydrogens is 396 g/mol. The molecule has 31 heavy (non-hydrogen) atoms. The maximum absolute atomic E-state index is 12.4. The lowest BCUT2D eigenvalue weighted by Gasteiger charge is -2.20. The molecule has 1 aliphatic carbocycles. The number of anilines is 1. The summed E-state index contributed by atoms with van der Waals surface area (Å²) < 4.78 is 0. The van der Waals surface area contributed by atoms with Crippen LogP contribution in [0, 0.1) is 16.0 Å². The molecular formula is C23H26N4O4. The van der Waals surface area contributed by atoms with Gasteiger partial charge in [-0.25, -0.2) is 5.43 Å². The first-order valence-electron chi connectivity index (χ1n) is 10.4. The molecule has 0 heterocycles. The molecule has 0 unspecified atom stereocenters. The Bertz CT molecular complexity index is 962. The molecule has 0 atom stereocenters. The Hall–Kier alpha value is -3.55. The van der Waals surface area contributed by atoms with E-state index in [1.807, 2.05) is 24.3 Å². The molecule has 8 heteroatoms. The molecule has 1 saturated carbocycles. The number of nitro benzene ring substituents is 1. The smallest absolute Gasteiger partial charge is 0.269 e. The van der Waals surface area contributed by atoms with Gasteiger partial charge in [-0.05, 0) is 43.0 Å². The Labute approximate surface area is 180 Å². The fraction of sp³-hybridized carbons (Fsp3) is 0.348. The van der Waals surface area contributed by atoms with Crippen molar-refractivity contribution in [3.8, 4) is 0 Å². The van der Waals surface area contributed by atoms with Crippen molar-refractivity contribution in [3.05, 3.63) is 69.8 Å². The Kier molecular flexibility index (Phi) is 7.48. The first kappa shape index (κ1) is 22.1. The highest BCUT2D eigenvalue weighted by atomic mass is 16.6. The number of hydrogen-bond acceptors (Lipinski definition) is 5. The van der Waals surface area contributed by atoms with Crippen molar-refractivity contribution in [3.63, 3.8) is 0 Å². The molecule has 0 bridgehead atoms. The third-order valence-corrected chi connectivity index (χ3v) is 5.41. The Morgan fingerprint density at radius 1 is 1.03 bits per heavy atom. The van der Waals surface area contributed by atoms with Crippen LogP contribution in [0.2, 0.25) is 0 Å². The SMILES string of the molecule is C/C(=N\NC(=O)Cc1ccc([N+](=O)[O-])cc1)c1ccc(NC(=O)C2CCCCC2)cc1. The van der Waals surface area contributed by atoms with Crippen LogP contribution >= 0.6 is 0 Å². The van der Waals surface area contributed by atoms with Crippen LogP contribution in [0.4, 0.5) is 11.4 Å². The molecule has 162 valence electrons. The number of non-ortho nitro benzene ring substituents is 1. The summed E-state index contributed by atoms with van der Waals surface area (Å²) in [6, 6.07) is 13.2. The number of hydrazone groups is 1. The first-order valence-corrected chi connectivity index (χ1v) is 10.4. The minimum atomic E-state index is -0.482. The number of carbonyl (C=O) groups is 2. The van der Waals surface area contributed by atoms with Gasteiger partial charge in [0.25, 0.3) is 5.69 Å². The molecule has 0 radical (unpaired) electrons. The van der Waals surface area contributed by atoms with Gasteiger partial charge in [-0.15, -0.1) is 0 Å². The molecule has 0 aromatic heterocycles. The highest BCUT2D eigenvalue weighted by Gasteiger charge is 2.21. The number of rotatable bonds is 7. The number of nitro groups is 1. The lowest BCUT2D eigenvalue weighted by molar-refractivity contribution is -0.384. The average Bonchev–Trinajstić information content (AvgIpc) is 2.79. The van der Waals surface area contributed by atoms with Crippen LogP contribution in [0.5, 0.6) is 0 Å². The number of amides is 2. The molecule has 0 aliphatic heterocycles. The van der Waals surface area contributed by atoms with E-state index in [0.717, 1.165) is 36.9 Å². The van der Waals surface area contributed by atoms with Gasteiger partial charge in [0.05, 0.1) is 17.1 Å². The quantitative estimate of drug-likeness (QED) is 0.395. The van der Waals surface area contributed by atoms with E-state index in [4.69, 9.17) is 0 Å². The van der Waals surface area contributed by atoms with E-state index in [2.05, 4.69) is 15.8 Å². The second kappa shape index (κ2) is 10.5. The molecule has 2 amide bonds. The predicted molar refractivity (Wildman–Crippen MR) is 119 cm³/mol. The van der Waals surface area contributed by atoms with Crippen LogP contribution in [0.25, 0.3) is 0 Å². The van der Waals surface area contributed by atoms with E-state index < -0.39 is 4.92 Å². The topological polar surface area (TPSA) is 114 Å². The van der Waals surface area contributed by atoms with Crippen LogP contribution in [0.15, 0.2) is 53.6 Å². The fourth-order valence-electron chi connectivity index (χ4n) is 3.58. The van der Waals surface area contributed by atoms with E-state index in [1.165, 1.54) is 18.6 Å². The molecule has 2 N–H and O–H groups in total. The zero-order valence-electron chi connectivity index (χ0n) is 17.5. The van der Waals surface area contributed by atoms with E-state index in [-0.39, 0.29) is 29.8 Å². The van der Waals surface area contributed by atoms with Crippen molar-refractivity contribution in [1.29, 1.82) is 0 Å². The van der Waals surface area contributed by atoms with Gasteiger partial charge in [-0.2, -0.15) is 5.10 Å². The summed E-state index contributed by atoms with van der Waals surface area (Å²) >= 11 is 0. The van der Waals surface area contributed by atoms with Crippen LogP contribution in [-0.2, 0) is 16.0 Å². The zero-order valence-corrected chi connectivity index (χ0v) is 17.5. The first-order chi connectivity index (χ1) is 14.9. The van der Waals surface area contributed by atoms with E-state index in [9.17, 15) is 19.7 Å². The van der Waals surface area contributed by atoms with Gasteiger partial charge >= 0.3 is 0 Å². The zero-order chi connectivity index (χ0) is 22.2. The van der Waals surface area contributed by atoms with E-state index in [0.29, 0.717) is 11.3 Å². The normalized spacial score (nSPS) is 14.7. The number of nitrogens with one attached hydrogen (secondary N) is 2. The fourth-order valence-corrected chi connectivity index (χ4v) is 3.58. The van der Waals surface area contributed by atoms with Gasteiger partial charge in [-0.3, -0.25) is 19.7 Å². The minimum absolute atomic E-state index is 0.0172. The third kappa shape index (κ3) is 6.47. The highest BCUT2D eigenvalue weighted by molar-refractivity contribution is 6.00. The molecule has 0 saturated heterocycles. The lowest BCUT2D eigenvalue weighted by Crippen LogP contribution is -2.24. The summed E-state index contributed by atoms with van der Waals surface area (Å²) in [7, 11) is 0. The highest BCUT2D eigenvalue weighted by Crippen LogP contribution is 2.25. The van der Waals surface area contributed by atoms with Gasteiger partial charge in [0.15, 0.2) is 0 Å². The molecule has 1 fully saturated rings. The van der Waals surface area contributed by atoms with Crippen molar-refractivity contribution in [2.24, 2.45) is 11.0 Å². The molecule has 2 aromatic rings. The maximum atomic E-state index is 12.4. The Balaban J connectivity index is 1.51. The van der Waals surface area contributed by atoms with Crippen LogP contribution in [0.3, 0.4) is 0 Å². The molecule has 0 spiro atoms. The van der Waals surface area contributed by atoms with Crippen molar-refractivity contribution in [2.45, 2.75) is 45.4 Å². The number of nitrogens with zero attached hydrogens (tertiary/aromatic N) is 2. The number of carbonyl (C=O) groups excluding carboxylic acids is 2. The van der Waals surface area contributed by atoms with Gasteiger partial charge in [0, 0.05) is 23.7 Å². The van der Waals surface area contributed by atoms with Crippen molar-refractivity contribution in [2.75, 3.05) is 5.32 Å². The van der Waals surface area contributed by atoms with Gasteiger partial charge in [0.1, 0.15) is 0 Å². The standard InChI is InChI=1S/C23H26N4O4/c1-16(25-26-22(28)15-17-7-13-21(14-8-17)27(30)31)18-9-11-20(12-10-18)24-23(29)19-5-3-2-4-6-19/h7-14,19H,2-6,15H2,1H3,(H,24,29)(H,26,28)/b25-16+. The van der Waals surface area contributed by atoms with E-state index in [1.54, 1.807) is 19.1 Å². The molecule has 1 aliphatic rings. The summed E-state index contributed by atoms with van der Waals surface area (Å²) in [5.41, 5.74) is 5.34. The van der Waals surface area contributed by atoms with Gasteiger partial charge in [0.2, 0.25) is 11.8 Å². The molecule has 8 nitrogen and oxygen atoms in total. The van der Waals surface area contributed by atoms with Gasteiger partial charge in [-0.1, -0.05) is 43.5 Å². The number of hydrogen-bond donors (Lipinski definition) is 2. The summed E-state index contributed by atoms with van der Waals surface area (Å²) in [6.45, 7) is 1.78. The van der Waals surface area contributed by atoms with Gasteiger partial charge < -0.3 is 5.32 Å². The van der Waals surface area contributed by atoms with E-state index >= 15 is 0 Å². The number of benzene rings is 2. The lowest BCUT2D eigenvalue weighted by atomic mass is 9.88. The van der Waals surface area contributed by atoms with Crippen molar-refractivity contribution < 1.29 is 14.5 Å². The maximum Gasteiger partial charge on any atom is 0.269 e. The average molecular weight is 422 g/mol. The van der Waals surface area contributed by atoms with Crippen LogP contribution in [-0.4, -0.2) is 22.4 Å². The third-order valence-electron chi connectivity index (χ3n) is 5.41. The molecule has 2 aromatic carbocycles. The van der Waals surface area contributed by atoms with Crippen molar-refractivity contribution in [1.82, 2.24) is 5.43 Å². The Morgan fingerprint density at radius 3 is 2.29 bits per heavy atom. The van der Waals surface area contributed by atoms with Crippen LogP contribution < -0.4 is 10.7 Å². The second-order valence-electron chi connectivity index (χ2n) is 7.73. The monoisotopic (exact) mass is 422 g/mol. The Morgan fingerprint density at radius 2 is 1.68 bits per heavy atom. The van der Waals surface area contributed by atoms with Crippen LogP contribution in [0.1, 0.15) is 50.2 Å².